The Bertz CT molecular complexity index is 415. The second-order valence-corrected chi connectivity index (χ2v) is 6.34. The lowest BCUT2D eigenvalue weighted by molar-refractivity contribution is 0.193. The second-order valence-electron chi connectivity index (χ2n) is 5.90. The van der Waals surface area contributed by atoms with Crippen LogP contribution in [0, 0.1) is 5.92 Å². The Hall–Kier alpha value is -0.570. The molecule has 0 radical (unpaired) electrons. The van der Waals surface area contributed by atoms with Crippen molar-refractivity contribution < 1.29 is 0 Å². The van der Waals surface area contributed by atoms with E-state index in [2.05, 4.69) is 28.4 Å². The number of likely N-dealkylation sites (tertiary alicyclic amines) is 1. The Morgan fingerprint density at radius 1 is 1.21 bits per heavy atom. The van der Waals surface area contributed by atoms with Crippen LogP contribution in [0.5, 0.6) is 0 Å². The molecule has 104 valence electrons. The molecule has 1 aromatic rings. The predicted molar refractivity (Wildman–Crippen MR) is 80.6 cm³/mol. The minimum Gasteiger partial charge on any atom is -0.317 e. The first-order chi connectivity index (χ1) is 9.33. The molecule has 1 atom stereocenters. The fourth-order valence-corrected chi connectivity index (χ4v) is 3.73. The molecule has 2 heterocycles. The molecule has 0 aromatic heterocycles. The highest BCUT2D eigenvalue weighted by atomic mass is 35.5. The Morgan fingerprint density at radius 2 is 2.05 bits per heavy atom. The van der Waals surface area contributed by atoms with E-state index in [1.165, 1.54) is 57.4 Å². The molecule has 19 heavy (non-hydrogen) atoms. The summed E-state index contributed by atoms with van der Waals surface area (Å²) < 4.78 is 0. The van der Waals surface area contributed by atoms with Gasteiger partial charge in [0.1, 0.15) is 0 Å². The zero-order valence-electron chi connectivity index (χ0n) is 11.4. The number of nitrogens with zero attached hydrogens (tertiary/aromatic N) is 1. The molecule has 2 aliphatic heterocycles. The van der Waals surface area contributed by atoms with Gasteiger partial charge >= 0.3 is 0 Å². The van der Waals surface area contributed by atoms with Gasteiger partial charge in [0.25, 0.3) is 0 Å². The molecule has 2 saturated heterocycles. The van der Waals surface area contributed by atoms with Gasteiger partial charge in [0, 0.05) is 17.6 Å². The quantitative estimate of drug-likeness (QED) is 0.911. The minimum atomic E-state index is 0.591. The molecule has 1 unspecified atom stereocenters. The lowest BCUT2D eigenvalue weighted by Gasteiger charge is -2.31. The molecule has 1 aromatic carbocycles. The van der Waals surface area contributed by atoms with Crippen LogP contribution in [0.1, 0.15) is 37.3 Å². The normalized spacial score (nSPS) is 25.8. The van der Waals surface area contributed by atoms with Crippen LogP contribution in [0.15, 0.2) is 24.3 Å². The molecule has 2 aliphatic rings. The van der Waals surface area contributed by atoms with Gasteiger partial charge in [-0.05, 0) is 68.9 Å². The highest BCUT2D eigenvalue weighted by molar-refractivity contribution is 6.30. The van der Waals surface area contributed by atoms with Crippen molar-refractivity contribution in [2.45, 2.75) is 31.7 Å². The van der Waals surface area contributed by atoms with Crippen molar-refractivity contribution >= 4 is 11.6 Å². The number of hydrogen-bond acceptors (Lipinski definition) is 2. The standard InChI is InChI=1S/C16H23ClN2/c17-15-4-1-3-14(11-15)16-5-2-10-19(16)12-13-6-8-18-9-7-13/h1,3-4,11,13,16,18H,2,5-10,12H2. The van der Waals surface area contributed by atoms with Gasteiger partial charge in [-0.15, -0.1) is 0 Å². The molecule has 0 bridgehead atoms. The van der Waals surface area contributed by atoms with Crippen molar-refractivity contribution in [1.29, 1.82) is 0 Å². The molecule has 3 heteroatoms. The van der Waals surface area contributed by atoms with Crippen LogP contribution >= 0.6 is 11.6 Å². The second kappa shape index (κ2) is 6.25. The van der Waals surface area contributed by atoms with E-state index in [-0.39, 0.29) is 0 Å². The van der Waals surface area contributed by atoms with E-state index < -0.39 is 0 Å². The van der Waals surface area contributed by atoms with Gasteiger partial charge in [-0.3, -0.25) is 4.90 Å². The van der Waals surface area contributed by atoms with Crippen LogP contribution in [0.2, 0.25) is 5.02 Å². The third-order valence-corrected chi connectivity index (χ3v) is 4.78. The molecule has 2 nitrogen and oxygen atoms in total. The summed E-state index contributed by atoms with van der Waals surface area (Å²) in [4.78, 5) is 2.68. The first-order valence-corrected chi connectivity index (χ1v) is 7.91. The van der Waals surface area contributed by atoms with Gasteiger partial charge in [-0.25, -0.2) is 0 Å². The smallest absolute Gasteiger partial charge is 0.0409 e. The molecular formula is C16H23ClN2. The summed E-state index contributed by atoms with van der Waals surface area (Å²) in [6.45, 7) is 4.90. The molecule has 0 spiro atoms. The van der Waals surface area contributed by atoms with E-state index in [0.717, 1.165) is 10.9 Å². The third kappa shape index (κ3) is 3.31. The number of halogens is 1. The fourth-order valence-electron chi connectivity index (χ4n) is 3.53. The van der Waals surface area contributed by atoms with Crippen LogP contribution in [-0.2, 0) is 0 Å². The van der Waals surface area contributed by atoms with E-state index in [1.807, 2.05) is 6.07 Å². The van der Waals surface area contributed by atoms with Crippen LogP contribution in [0.4, 0.5) is 0 Å². The number of piperidine rings is 1. The van der Waals surface area contributed by atoms with Crippen molar-refractivity contribution in [3.05, 3.63) is 34.9 Å². The maximum absolute atomic E-state index is 6.14. The Kier molecular flexibility index (Phi) is 4.42. The number of rotatable bonds is 3. The van der Waals surface area contributed by atoms with Gasteiger partial charge in [-0.2, -0.15) is 0 Å². The van der Waals surface area contributed by atoms with Crippen molar-refractivity contribution in [1.82, 2.24) is 10.2 Å². The van der Waals surface area contributed by atoms with Crippen molar-refractivity contribution in [3.8, 4) is 0 Å². The highest BCUT2D eigenvalue weighted by Crippen LogP contribution is 2.34. The monoisotopic (exact) mass is 278 g/mol. The van der Waals surface area contributed by atoms with Gasteiger partial charge in [0.2, 0.25) is 0 Å². The highest BCUT2D eigenvalue weighted by Gasteiger charge is 2.28. The van der Waals surface area contributed by atoms with Crippen molar-refractivity contribution in [2.24, 2.45) is 5.92 Å². The molecule has 0 aliphatic carbocycles. The Labute approximate surface area is 121 Å². The molecule has 1 N–H and O–H groups in total. The number of benzene rings is 1. The summed E-state index contributed by atoms with van der Waals surface area (Å²) in [7, 11) is 0. The summed E-state index contributed by atoms with van der Waals surface area (Å²) in [6, 6.07) is 9.02. The van der Waals surface area contributed by atoms with Crippen LogP contribution in [0.3, 0.4) is 0 Å². The minimum absolute atomic E-state index is 0.591. The van der Waals surface area contributed by atoms with E-state index in [1.54, 1.807) is 0 Å². The van der Waals surface area contributed by atoms with Crippen molar-refractivity contribution in [3.63, 3.8) is 0 Å². The third-order valence-electron chi connectivity index (χ3n) is 4.55. The zero-order valence-corrected chi connectivity index (χ0v) is 12.2. The van der Waals surface area contributed by atoms with Gasteiger partial charge in [0.05, 0.1) is 0 Å². The summed E-state index contributed by atoms with van der Waals surface area (Å²) in [6.07, 6.45) is 5.27. The first-order valence-electron chi connectivity index (χ1n) is 7.53. The van der Waals surface area contributed by atoms with E-state index in [0.29, 0.717) is 6.04 Å². The first kappa shape index (κ1) is 13.4. The maximum Gasteiger partial charge on any atom is 0.0409 e. The lowest BCUT2D eigenvalue weighted by Crippen LogP contribution is -2.36. The molecule has 0 saturated carbocycles. The average molecular weight is 279 g/mol. The van der Waals surface area contributed by atoms with Crippen LogP contribution in [-0.4, -0.2) is 31.1 Å². The predicted octanol–water partition coefficient (Wildman–Crippen LogP) is 3.48. The summed E-state index contributed by atoms with van der Waals surface area (Å²) in [5.41, 5.74) is 1.40. The van der Waals surface area contributed by atoms with Crippen LogP contribution in [0.25, 0.3) is 0 Å². The van der Waals surface area contributed by atoms with Gasteiger partial charge < -0.3 is 5.32 Å². The maximum atomic E-state index is 6.14. The summed E-state index contributed by atoms with van der Waals surface area (Å²) in [5.74, 6) is 0.876. The topological polar surface area (TPSA) is 15.3 Å². The Morgan fingerprint density at radius 3 is 2.84 bits per heavy atom. The lowest BCUT2D eigenvalue weighted by atomic mass is 9.96. The van der Waals surface area contributed by atoms with E-state index >= 15 is 0 Å². The molecule has 0 amide bonds. The molecule has 2 fully saturated rings. The van der Waals surface area contributed by atoms with Crippen LogP contribution < -0.4 is 5.32 Å². The van der Waals surface area contributed by atoms with E-state index in [9.17, 15) is 0 Å². The fraction of sp³-hybridized carbons (Fsp3) is 0.625. The zero-order chi connectivity index (χ0) is 13.1. The molecule has 3 rings (SSSR count). The van der Waals surface area contributed by atoms with E-state index in [4.69, 9.17) is 11.6 Å². The summed E-state index contributed by atoms with van der Waals surface area (Å²) >= 11 is 6.14. The largest absolute Gasteiger partial charge is 0.317 e. The van der Waals surface area contributed by atoms with Gasteiger partial charge in [0.15, 0.2) is 0 Å². The SMILES string of the molecule is Clc1cccc(C2CCCN2CC2CCNCC2)c1. The van der Waals surface area contributed by atoms with Gasteiger partial charge in [-0.1, -0.05) is 23.7 Å². The number of hydrogen-bond donors (Lipinski definition) is 1. The average Bonchev–Trinajstić information content (AvgIpc) is 2.88. The molecular weight excluding hydrogens is 256 g/mol. The summed E-state index contributed by atoms with van der Waals surface area (Å²) in [5, 5.41) is 4.32. The Balaban J connectivity index is 1.67. The number of nitrogens with one attached hydrogen (secondary N) is 1. The van der Waals surface area contributed by atoms with Crippen molar-refractivity contribution in [2.75, 3.05) is 26.2 Å².